The van der Waals surface area contributed by atoms with Crippen LogP contribution in [0.1, 0.15) is 26.7 Å². The Bertz CT molecular complexity index is 276. The number of nitrogens with zero attached hydrogens (tertiary/aromatic N) is 2. The molecule has 1 heterocycles. The molecule has 0 bridgehead atoms. The van der Waals surface area contributed by atoms with Crippen molar-refractivity contribution < 1.29 is 4.79 Å². The van der Waals surface area contributed by atoms with E-state index in [9.17, 15) is 4.79 Å². The number of rotatable bonds is 8. The number of hydrogen-bond donors (Lipinski definition) is 2. The highest BCUT2D eigenvalue weighted by Crippen LogP contribution is 2.15. The van der Waals surface area contributed by atoms with Crippen LogP contribution in [0.3, 0.4) is 0 Å². The molecule has 0 aromatic rings. The van der Waals surface area contributed by atoms with Crippen molar-refractivity contribution in [3.63, 3.8) is 0 Å². The van der Waals surface area contributed by atoms with Gasteiger partial charge in [-0.15, -0.1) is 0 Å². The number of carbonyl (C=O) groups is 1. The summed E-state index contributed by atoms with van der Waals surface area (Å²) < 4.78 is 0. The molecule has 0 unspecified atom stereocenters. The highest BCUT2D eigenvalue weighted by Gasteiger charge is 2.18. The Morgan fingerprint density at radius 1 is 1.10 bits per heavy atom. The Hall–Kier alpha value is -0.260. The molecule has 0 aromatic carbocycles. The lowest BCUT2D eigenvalue weighted by atomic mass is 10.2. The first-order valence-electron chi connectivity index (χ1n) is 7.86. The summed E-state index contributed by atoms with van der Waals surface area (Å²) in [5.74, 6) is 1.57. The van der Waals surface area contributed by atoms with Gasteiger partial charge in [-0.25, -0.2) is 0 Å². The number of nitrogens with one attached hydrogen (secondary N) is 1. The first-order chi connectivity index (χ1) is 9.47. The molecule has 0 saturated carbocycles. The molecule has 20 heavy (non-hydrogen) atoms. The standard InChI is InChI=1S/C15H33N3OS/c1-14(2)16-15(19)13-18-10-8-17(9-11-18)7-5-6-12-20(3)4/h14,20H,5-13H2,1-4H3,(H,16,19). The summed E-state index contributed by atoms with van der Waals surface area (Å²) in [6.45, 7) is 10.1. The summed E-state index contributed by atoms with van der Waals surface area (Å²) in [6.07, 6.45) is 7.41. The first-order valence-corrected chi connectivity index (χ1v) is 10.3. The van der Waals surface area contributed by atoms with Crippen LogP contribution < -0.4 is 5.32 Å². The number of hydrogen-bond acceptors (Lipinski definition) is 3. The van der Waals surface area contributed by atoms with Gasteiger partial charge < -0.3 is 10.2 Å². The zero-order valence-corrected chi connectivity index (χ0v) is 14.6. The fourth-order valence-corrected chi connectivity index (χ4v) is 3.36. The lowest BCUT2D eigenvalue weighted by Crippen LogP contribution is -2.50. The van der Waals surface area contributed by atoms with E-state index < -0.39 is 0 Å². The lowest BCUT2D eigenvalue weighted by molar-refractivity contribution is -0.123. The fraction of sp³-hybridized carbons (Fsp3) is 0.933. The van der Waals surface area contributed by atoms with Crippen LogP contribution in [-0.2, 0) is 4.79 Å². The van der Waals surface area contributed by atoms with Gasteiger partial charge >= 0.3 is 0 Å². The highest BCUT2D eigenvalue weighted by molar-refractivity contribution is 8.15. The lowest BCUT2D eigenvalue weighted by Gasteiger charge is -2.34. The number of unbranched alkanes of at least 4 members (excludes halogenated alkanes) is 1. The molecule has 1 aliphatic rings. The van der Waals surface area contributed by atoms with Gasteiger partial charge in [-0.05, 0) is 51.5 Å². The van der Waals surface area contributed by atoms with E-state index >= 15 is 0 Å². The predicted molar refractivity (Wildman–Crippen MR) is 91.1 cm³/mol. The van der Waals surface area contributed by atoms with Gasteiger partial charge in [-0.1, -0.05) is 0 Å². The van der Waals surface area contributed by atoms with E-state index in [1.807, 2.05) is 13.8 Å². The fourth-order valence-electron chi connectivity index (χ4n) is 2.51. The molecule has 1 N–H and O–H groups in total. The Balaban J connectivity index is 2.09. The van der Waals surface area contributed by atoms with E-state index in [4.69, 9.17) is 0 Å². The van der Waals surface area contributed by atoms with Crippen molar-refractivity contribution in [2.24, 2.45) is 0 Å². The Morgan fingerprint density at radius 3 is 2.25 bits per heavy atom. The Kier molecular flexibility index (Phi) is 8.57. The van der Waals surface area contributed by atoms with Gasteiger partial charge in [-0.3, -0.25) is 20.6 Å². The third kappa shape index (κ3) is 8.12. The SMILES string of the molecule is CC(C)NC(=O)CN1CCN(CCCC[SH](C)C)CC1. The quantitative estimate of drug-likeness (QED) is 0.522. The van der Waals surface area contributed by atoms with E-state index in [2.05, 4.69) is 27.6 Å². The molecule has 0 radical (unpaired) electrons. The molecule has 0 aromatic heterocycles. The van der Waals surface area contributed by atoms with Crippen LogP contribution in [0.5, 0.6) is 0 Å². The zero-order chi connectivity index (χ0) is 15.0. The number of amides is 1. The van der Waals surface area contributed by atoms with E-state index in [1.165, 1.54) is 25.1 Å². The van der Waals surface area contributed by atoms with Crippen molar-refractivity contribution in [1.29, 1.82) is 0 Å². The monoisotopic (exact) mass is 303 g/mol. The van der Waals surface area contributed by atoms with E-state index in [1.54, 1.807) is 0 Å². The molecule has 0 spiro atoms. The van der Waals surface area contributed by atoms with Gasteiger partial charge in [0.25, 0.3) is 0 Å². The van der Waals surface area contributed by atoms with Crippen molar-refractivity contribution in [2.75, 3.05) is 57.5 Å². The second kappa shape index (κ2) is 9.64. The maximum Gasteiger partial charge on any atom is 0.234 e. The topological polar surface area (TPSA) is 35.6 Å². The summed E-state index contributed by atoms with van der Waals surface area (Å²) in [5, 5.41) is 2.96. The minimum absolute atomic E-state index is 0.160. The second-order valence-electron chi connectivity index (χ2n) is 6.35. The minimum Gasteiger partial charge on any atom is -0.353 e. The molecule has 0 aliphatic carbocycles. The van der Waals surface area contributed by atoms with Gasteiger partial charge in [0, 0.05) is 32.2 Å². The highest BCUT2D eigenvalue weighted by atomic mass is 32.2. The largest absolute Gasteiger partial charge is 0.353 e. The number of thiol groups is 1. The smallest absolute Gasteiger partial charge is 0.234 e. The summed E-state index contributed by atoms with van der Waals surface area (Å²) in [4.78, 5) is 16.5. The predicted octanol–water partition coefficient (Wildman–Crippen LogP) is 1.17. The normalized spacial score (nSPS) is 18.4. The van der Waals surface area contributed by atoms with Crippen molar-refractivity contribution >= 4 is 16.8 Å². The summed E-state index contributed by atoms with van der Waals surface area (Å²) >= 11 is 0. The molecule has 1 fully saturated rings. The summed E-state index contributed by atoms with van der Waals surface area (Å²) in [6, 6.07) is 0.242. The minimum atomic E-state index is 0.160. The maximum atomic E-state index is 11.7. The number of piperazine rings is 1. The average Bonchev–Trinajstić information content (AvgIpc) is 2.35. The average molecular weight is 304 g/mol. The van der Waals surface area contributed by atoms with Crippen molar-refractivity contribution in [3.05, 3.63) is 0 Å². The number of carbonyl (C=O) groups excluding carboxylic acids is 1. The molecule has 1 rings (SSSR count). The Morgan fingerprint density at radius 2 is 1.70 bits per heavy atom. The van der Waals surface area contributed by atoms with Gasteiger partial charge in [-0.2, -0.15) is 0 Å². The van der Waals surface area contributed by atoms with Gasteiger partial charge in [0.15, 0.2) is 0 Å². The van der Waals surface area contributed by atoms with Crippen LogP contribution in [0.25, 0.3) is 0 Å². The molecule has 0 atom stereocenters. The van der Waals surface area contributed by atoms with E-state index in [0.29, 0.717) is 6.54 Å². The van der Waals surface area contributed by atoms with Gasteiger partial charge in [0.2, 0.25) is 5.91 Å². The summed E-state index contributed by atoms with van der Waals surface area (Å²) in [5.41, 5.74) is 0. The summed E-state index contributed by atoms with van der Waals surface area (Å²) in [7, 11) is 0.275. The van der Waals surface area contributed by atoms with Crippen LogP contribution in [0, 0.1) is 0 Å². The second-order valence-corrected chi connectivity index (χ2v) is 8.96. The van der Waals surface area contributed by atoms with Crippen molar-refractivity contribution in [3.8, 4) is 0 Å². The third-order valence-electron chi connectivity index (χ3n) is 3.61. The molecule has 120 valence electrons. The molecule has 5 heteroatoms. The Labute approximate surface area is 127 Å². The molecule has 4 nitrogen and oxygen atoms in total. The van der Waals surface area contributed by atoms with Crippen molar-refractivity contribution in [1.82, 2.24) is 15.1 Å². The van der Waals surface area contributed by atoms with Crippen LogP contribution in [0.2, 0.25) is 0 Å². The van der Waals surface area contributed by atoms with Gasteiger partial charge in [0.1, 0.15) is 0 Å². The van der Waals surface area contributed by atoms with Crippen LogP contribution in [0.4, 0.5) is 0 Å². The third-order valence-corrected chi connectivity index (χ3v) is 4.82. The van der Waals surface area contributed by atoms with Crippen LogP contribution >= 0.6 is 10.9 Å². The van der Waals surface area contributed by atoms with Gasteiger partial charge in [0.05, 0.1) is 6.54 Å². The van der Waals surface area contributed by atoms with Crippen molar-refractivity contribution in [2.45, 2.75) is 32.7 Å². The molecule has 1 aliphatic heterocycles. The molecular formula is C15H33N3OS. The molecule has 1 amide bonds. The van der Waals surface area contributed by atoms with E-state index in [0.717, 1.165) is 26.2 Å². The molecular weight excluding hydrogens is 270 g/mol. The van der Waals surface area contributed by atoms with Crippen LogP contribution in [0.15, 0.2) is 0 Å². The first kappa shape index (κ1) is 17.8. The van der Waals surface area contributed by atoms with Crippen LogP contribution in [-0.4, -0.2) is 79.3 Å². The maximum absolute atomic E-state index is 11.7. The van der Waals surface area contributed by atoms with E-state index in [-0.39, 0.29) is 22.8 Å². The molecule has 1 saturated heterocycles. The zero-order valence-electron chi connectivity index (χ0n) is 13.7.